The first-order valence-electron chi connectivity index (χ1n) is 4.98. The van der Waals surface area contributed by atoms with Crippen molar-refractivity contribution in [1.82, 2.24) is 0 Å². The molecule has 0 amide bonds. The van der Waals surface area contributed by atoms with E-state index in [4.69, 9.17) is 27.9 Å². The van der Waals surface area contributed by atoms with Crippen LogP contribution < -0.4 is 4.74 Å². The molecule has 88 valence electrons. The maximum Gasteiger partial charge on any atom is 0.142 e. The summed E-state index contributed by atoms with van der Waals surface area (Å²) in [5, 5.41) is 0.597. The zero-order valence-corrected chi connectivity index (χ0v) is 10.3. The van der Waals surface area contributed by atoms with Gasteiger partial charge in [0.1, 0.15) is 18.2 Å². The minimum Gasteiger partial charge on any atom is -0.487 e. The van der Waals surface area contributed by atoms with Crippen LogP contribution in [0.25, 0.3) is 0 Å². The molecule has 0 N–H and O–H groups in total. The summed E-state index contributed by atoms with van der Waals surface area (Å²) in [5.41, 5.74) is 0.589. The SMILES string of the molecule is Fc1cccc(COc2ccccc2Cl)c1Cl. The molecular formula is C13H9Cl2FO. The third-order valence-corrected chi connectivity index (χ3v) is 2.99. The number of para-hydroxylation sites is 1. The predicted octanol–water partition coefficient (Wildman–Crippen LogP) is 4.71. The van der Waals surface area contributed by atoms with Gasteiger partial charge in [0.25, 0.3) is 0 Å². The predicted molar refractivity (Wildman–Crippen MR) is 67.2 cm³/mol. The zero-order valence-electron chi connectivity index (χ0n) is 8.79. The number of hydrogen-bond acceptors (Lipinski definition) is 1. The molecule has 0 aliphatic heterocycles. The Balaban J connectivity index is 2.13. The molecule has 4 heteroatoms. The van der Waals surface area contributed by atoms with Crippen LogP contribution in [0.5, 0.6) is 5.75 Å². The highest BCUT2D eigenvalue weighted by molar-refractivity contribution is 6.32. The van der Waals surface area contributed by atoms with Gasteiger partial charge in [-0.2, -0.15) is 0 Å². The molecule has 0 saturated heterocycles. The molecule has 0 radical (unpaired) electrons. The van der Waals surface area contributed by atoms with Crippen molar-refractivity contribution in [3.05, 3.63) is 63.9 Å². The highest BCUT2D eigenvalue weighted by Gasteiger charge is 2.07. The molecule has 0 fully saturated rings. The van der Waals surface area contributed by atoms with Gasteiger partial charge >= 0.3 is 0 Å². The average molecular weight is 271 g/mol. The van der Waals surface area contributed by atoms with Crippen molar-refractivity contribution in [1.29, 1.82) is 0 Å². The molecule has 2 rings (SSSR count). The van der Waals surface area contributed by atoms with E-state index >= 15 is 0 Å². The van der Waals surface area contributed by atoms with Gasteiger partial charge in [0, 0.05) is 5.56 Å². The van der Waals surface area contributed by atoms with Gasteiger partial charge in [0.05, 0.1) is 10.0 Å². The summed E-state index contributed by atoms with van der Waals surface area (Å²) in [6, 6.07) is 11.7. The van der Waals surface area contributed by atoms with E-state index < -0.39 is 5.82 Å². The van der Waals surface area contributed by atoms with Crippen molar-refractivity contribution in [2.24, 2.45) is 0 Å². The first kappa shape index (κ1) is 12.2. The van der Waals surface area contributed by atoms with Gasteiger partial charge in [0.2, 0.25) is 0 Å². The minimum atomic E-state index is -0.452. The third kappa shape index (κ3) is 2.90. The Morgan fingerprint density at radius 1 is 1.00 bits per heavy atom. The van der Waals surface area contributed by atoms with Crippen molar-refractivity contribution in [3.63, 3.8) is 0 Å². The molecule has 0 aromatic heterocycles. The summed E-state index contributed by atoms with van der Waals surface area (Å²) < 4.78 is 18.6. The van der Waals surface area contributed by atoms with E-state index in [1.165, 1.54) is 6.07 Å². The van der Waals surface area contributed by atoms with Crippen LogP contribution >= 0.6 is 23.2 Å². The largest absolute Gasteiger partial charge is 0.487 e. The molecule has 0 aliphatic carbocycles. The molecule has 17 heavy (non-hydrogen) atoms. The molecule has 2 aromatic carbocycles. The van der Waals surface area contributed by atoms with E-state index in [-0.39, 0.29) is 11.6 Å². The second-order valence-corrected chi connectivity index (χ2v) is 4.22. The molecule has 0 unspecified atom stereocenters. The lowest BCUT2D eigenvalue weighted by Gasteiger charge is -2.09. The van der Waals surface area contributed by atoms with Gasteiger partial charge in [-0.25, -0.2) is 4.39 Å². The fourth-order valence-electron chi connectivity index (χ4n) is 1.38. The maximum absolute atomic E-state index is 13.2. The molecular weight excluding hydrogens is 262 g/mol. The molecule has 0 saturated carbocycles. The lowest BCUT2D eigenvalue weighted by Crippen LogP contribution is -1.97. The van der Waals surface area contributed by atoms with E-state index in [1.54, 1.807) is 24.3 Å². The highest BCUT2D eigenvalue weighted by atomic mass is 35.5. The maximum atomic E-state index is 13.2. The van der Waals surface area contributed by atoms with Gasteiger partial charge in [-0.1, -0.05) is 47.5 Å². The summed E-state index contributed by atoms with van der Waals surface area (Å²) in [4.78, 5) is 0. The number of benzene rings is 2. The Bertz CT molecular complexity index is 529. The standard InChI is InChI=1S/C13H9Cl2FO/c14-10-5-1-2-7-12(10)17-8-9-4-3-6-11(16)13(9)15/h1-7H,8H2. The summed E-state index contributed by atoms with van der Waals surface area (Å²) in [6.07, 6.45) is 0. The van der Waals surface area contributed by atoms with Gasteiger partial charge in [-0.15, -0.1) is 0 Å². The van der Waals surface area contributed by atoms with Gasteiger partial charge < -0.3 is 4.74 Å². The quantitative estimate of drug-likeness (QED) is 0.785. The van der Waals surface area contributed by atoms with Crippen LogP contribution in [0.1, 0.15) is 5.56 Å². The summed E-state index contributed by atoms with van der Waals surface area (Å²) in [6.45, 7) is 0.181. The lowest BCUT2D eigenvalue weighted by atomic mass is 10.2. The molecule has 2 aromatic rings. The van der Waals surface area contributed by atoms with Crippen molar-refractivity contribution in [2.45, 2.75) is 6.61 Å². The number of hydrogen-bond donors (Lipinski definition) is 0. The van der Waals surface area contributed by atoms with Crippen LogP contribution in [0.2, 0.25) is 10.0 Å². The van der Waals surface area contributed by atoms with E-state index in [0.717, 1.165) is 0 Å². The van der Waals surface area contributed by atoms with E-state index in [2.05, 4.69) is 0 Å². The molecule has 0 spiro atoms. The zero-order chi connectivity index (χ0) is 12.3. The monoisotopic (exact) mass is 270 g/mol. The Morgan fingerprint density at radius 3 is 2.53 bits per heavy atom. The minimum absolute atomic E-state index is 0.0829. The van der Waals surface area contributed by atoms with Gasteiger partial charge in [-0.3, -0.25) is 0 Å². The Kier molecular flexibility index (Phi) is 3.87. The topological polar surface area (TPSA) is 9.23 Å². The van der Waals surface area contributed by atoms with Crippen LogP contribution in [0.4, 0.5) is 4.39 Å². The highest BCUT2D eigenvalue weighted by Crippen LogP contribution is 2.26. The van der Waals surface area contributed by atoms with Crippen molar-refractivity contribution in [3.8, 4) is 5.75 Å². The molecule has 0 aliphatic rings. The summed E-state index contributed by atoms with van der Waals surface area (Å²) in [5.74, 6) is 0.0985. The van der Waals surface area contributed by atoms with Crippen LogP contribution in [0.3, 0.4) is 0 Å². The first-order valence-corrected chi connectivity index (χ1v) is 5.74. The van der Waals surface area contributed by atoms with Crippen molar-refractivity contribution < 1.29 is 9.13 Å². The second-order valence-electron chi connectivity index (χ2n) is 3.43. The van der Waals surface area contributed by atoms with Crippen LogP contribution in [0, 0.1) is 5.82 Å². The normalized spacial score (nSPS) is 10.3. The van der Waals surface area contributed by atoms with Crippen molar-refractivity contribution in [2.75, 3.05) is 0 Å². The van der Waals surface area contributed by atoms with E-state index in [0.29, 0.717) is 16.3 Å². The molecule has 1 nitrogen and oxygen atoms in total. The third-order valence-electron chi connectivity index (χ3n) is 2.25. The summed E-state index contributed by atoms with van der Waals surface area (Å²) >= 11 is 11.7. The Hall–Kier alpha value is -1.25. The molecule has 0 heterocycles. The molecule has 0 atom stereocenters. The average Bonchev–Trinajstić information content (AvgIpc) is 2.33. The van der Waals surface area contributed by atoms with Crippen LogP contribution in [0.15, 0.2) is 42.5 Å². The number of halogens is 3. The second kappa shape index (κ2) is 5.39. The number of ether oxygens (including phenoxy) is 1. The smallest absolute Gasteiger partial charge is 0.142 e. The van der Waals surface area contributed by atoms with Crippen LogP contribution in [-0.4, -0.2) is 0 Å². The molecule has 0 bridgehead atoms. The summed E-state index contributed by atoms with van der Waals surface area (Å²) in [7, 11) is 0. The number of rotatable bonds is 3. The fraction of sp³-hybridized carbons (Fsp3) is 0.0769. The Labute approximate surface area is 109 Å². The van der Waals surface area contributed by atoms with E-state index in [1.807, 2.05) is 12.1 Å². The fourth-order valence-corrected chi connectivity index (χ4v) is 1.75. The van der Waals surface area contributed by atoms with E-state index in [9.17, 15) is 4.39 Å². The van der Waals surface area contributed by atoms with Gasteiger partial charge in [0.15, 0.2) is 0 Å². The first-order chi connectivity index (χ1) is 8.18. The lowest BCUT2D eigenvalue weighted by molar-refractivity contribution is 0.306. The Morgan fingerprint density at radius 2 is 1.76 bits per heavy atom. The van der Waals surface area contributed by atoms with Crippen LogP contribution in [-0.2, 0) is 6.61 Å². The van der Waals surface area contributed by atoms with Gasteiger partial charge in [-0.05, 0) is 18.2 Å². The van der Waals surface area contributed by atoms with Crippen molar-refractivity contribution >= 4 is 23.2 Å².